The van der Waals surface area contributed by atoms with Crippen LogP contribution in [0.4, 0.5) is 0 Å². The highest BCUT2D eigenvalue weighted by atomic mass is 35.5. The topological polar surface area (TPSA) is 106 Å². The van der Waals surface area contributed by atoms with Crippen LogP contribution in [0.25, 0.3) is 26.7 Å². The molecule has 0 radical (unpaired) electrons. The molecule has 11 heteroatoms. The summed E-state index contributed by atoms with van der Waals surface area (Å²) in [5, 5.41) is 19.4. The van der Waals surface area contributed by atoms with E-state index in [9.17, 15) is 8.42 Å². The normalized spacial score (nSPS) is 11.7. The molecule has 0 fully saturated rings. The summed E-state index contributed by atoms with van der Waals surface area (Å²) in [5.74, 6) is 0.537. The van der Waals surface area contributed by atoms with Crippen molar-refractivity contribution in [1.82, 2.24) is 30.4 Å². The van der Waals surface area contributed by atoms with Crippen LogP contribution in [0.2, 0.25) is 5.02 Å². The third-order valence-corrected chi connectivity index (χ3v) is 7.56. The molecule has 166 valence electrons. The molecule has 3 aromatic heterocycles. The van der Waals surface area contributed by atoms with Crippen molar-refractivity contribution in [2.45, 2.75) is 11.3 Å². The van der Waals surface area contributed by atoms with Crippen molar-refractivity contribution in [3.63, 3.8) is 0 Å². The molecule has 0 aliphatic carbocycles. The van der Waals surface area contributed by atoms with E-state index in [2.05, 4.69) is 20.6 Å². The lowest BCUT2D eigenvalue weighted by atomic mass is 10.2. The highest BCUT2D eigenvalue weighted by molar-refractivity contribution is 7.90. The zero-order valence-electron chi connectivity index (χ0n) is 17.3. The number of aromatic amines is 1. The molecule has 2 aromatic carbocycles. The minimum atomic E-state index is -3.29. The van der Waals surface area contributed by atoms with Crippen LogP contribution in [0.5, 0.6) is 0 Å². The molecule has 0 atom stereocenters. The molecule has 0 spiro atoms. The number of benzene rings is 2. The van der Waals surface area contributed by atoms with Gasteiger partial charge in [-0.2, -0.15) is 10.3 Å². The molecule has 0 saturated carbocycles. The number of thiophene rings is 1. The van der Waals surface area contributed by atoms with Gasteiger partial charge in [0.05, 0.1) is 38.3 Å². The van der Waals surface area contributed by atoms with E-state index in [-0.39, 0.29) is 0 Å². The van der Waals surface area contributed by atoms with Crippen LogP contribution >= 0.6 is 22.9 Å². The van der Waals surface area contributed by atoms with E-state index >= 15 is 0 Å². The predicted molar refractivity (Wildman–Crippen MR) is 127 cm³/mol. The van der Waals surface area contributed by atoms with Crippen molar-refractivity contribution in [2.24, 2.45) is 0 Å². The number of tetrazole rings is 1. The van der Waals surface area contributed by atoms with Crippen LogP contribution in [0.3, 0.4) is 0 Å². The maximum Gasteiger partial charge on any atom is 0.180 e. The fourth-order valence-electron chi connectivity index (χ4n) is 3.43. The molecule has 0 amide bonds. The maximum absolute atomic E-state index is 12.0. The van der Waals surface area contributed by atoms with E-state index in [4.69, 9.17) is 16.7 Å². The lowest BCUT2D eigenvalue weighted by Gasteiger charge is -2.08. The quantitative estimate of drug-likeness (QED) is 0.372. The standard InChI is InChI=1S/C22H17ClN6O2S2/c1-33(30,31)16-6-4-5-14(11-16)20-9-10-21(32-20)19-12-15(13-22-24-27-28-25-22)26-29(19)18-8-3-2-7-17(18)23/h2-12H,13H2,1H3,(H,24,25,27,28). The van der Waals surface area contributed by atoms with Gasteiger partial charge in [0.15, 0.2) is 15.7 Å². The zero-order chi connectivity index (χ0) is 23.0. The van der Waals surface area contributed by atoms with Gasteiger partial charge in [0.2, 0.25) is 0 Å². The van der Waals surface area contributed by atoms with E-state index in [0.717, 1.165) is 32.4 Å². The summed E-state index contributed by atoms with van der Waals surface area (Å²) in [6, 6.07) is 20.4. The van der Waals surface area contributed by atoms with Gasteiger partial charge in [0.1, 0.15) is 0 Å². The molecule has 8 nitrogen and oxygen atoms in total. The first kappa shape index (κ1) is 21.5. The molecule has 0 bridgehead atoms. The van der Waals surface area contributed by atoms with Crippen LogP contribution in [0, 0.1) is 0 Å². The number of H-pyrrole nitrogens is 1. The SMILES string of the molecule is CS(=O)(=O)c1cccc(-c2ccc(-c3cc(Cc4nn[nH]n4)nn3-c3ccccc3Cl)s2)c1. The fourth-order valence-corrected chi connectivity index (χ4v) is 5.32. The Morgan fingerprint density at radius 1 is 1.03 bits per heavy atom. The summed E-state index contributed by atoms with van der Waals surface area (Å²) in [5.41, 5.74) is 3.21. The third-order valence-electron chi connectivity index (χ3n) is 4.97. The lowest BCUT2D eigenvalue weighted by molar-refractivity contribution is 0.602. The van der Waals surface area contributed by atoms with Crippen molar-refractivity contribution in [3.05, 3.63) is 83.3 Å². The van der Waals surface area contributed by atoms with E-state index in [0.29, 0.717) is 22.2 Å². The first-order chi connectivity index (χ1) is 15.9. The number of nitrogens with one attached hydrogen (secondary N) is 1. The van der Waals surface area contributed by atoms with Crippen molar-refractivity contribution < 1.29 is 8.42 Å². The van der Waals surface area contributed by atoms with Gasteiger partial charge in [0.25, 0.3) is 0 Å². The predicted octanol–water partition coefficient (Wildman–Crippen LogP) is 4.43. The monoisotopic (exact) mass is 496 g/mol. The highest BCUT2D eigenvalue weighted by Gasteiger charge is 2.18. The van der Waals surface area contributed by atoms with E-state index in [1.807, 2.05) is 48.5 Å². The lowest BCUT2D eigenvalue weighted by Crippen LogP contribution is -2.00. The Morgan fingerprint density at radius 3 is 2.61 bits per heavy atom. The largest absolute Gasteiger partial charge is 0.230 e. The zero-order valence-corrected chi connectivity index (χ0v) is 19.7. The summed E-state index contributed by atoms with van der Waals surface area (Å²) in [7, 11) is -3.29. The summed E-state index contributed by atoms with van der Waals surface area (Å²) in [6.45, 7) is 0. The Kier molecular flexibility index (Phi) is 5.57. The summed E-state index contributed by atoms with van der Waals surface area (Å²) in [6.07, 6.45) is 1.62. The molecular formula is C22H17ClN6O2S2. The maximum atomic E-state index is 12.0. The number of rotatable bonds is 6. The van der Waals surface area contributed by atoms with Gasteiger partial charge >= 0.3 is 0 Å². The van der Waals surface area contributed by atoms with Gasteiger partial charge in [-0.1, -0.05) is 41.1 Å². The van der Waals surface area contributed by atoms with Gasteiger partial charge in [-0.3, -0.25) is 0 Å². The number of para-hydroxylation sites is 1. The summed E-state index contributed by atoms with van der Waals surface area (Å²) in [4.78, 5) is 2.20. The summed E-state index contributed by atoms with van der Waals surface area (Å²) >= 11 is 8.02. The number of nitrogens with zero attached hydrogens (tertiary/aromatic N) is 5. The van der Waals surface area contributed by atoms with Gasteiger partial charge in [-0.15, -0.1) is 21.5 Å². The minimum Gasteiger partial charge on any atom is -0.230 e. The Morgan fingerprint density at radius 2 is 1.85 bits per heavy atom. The first-order valence-electron chi connectivity index (χ1n) is 9.85. The molecular weight excluding hydrogens is 480 g/mol. The Balaban J connectivity index is 1.59. The van der Waals surface area contributed by atoms with Crippen LogP contribution in [0.15, 0.2) is 71.6 Å². The second-order valence-corrected chi connectivity index (χ2v) is 10.9. The number of sulfone groups is 1. The van der Waals surface area contributed by atoms with Crippen molar-refractivity contribution >= 4 is 32.8 Å². The van der Waals surface area contributed by atoms with Crippen molar-refractivity contribution in [1.29, 1.82) is 0 Å². The van der Waals surface area contributed by atoms with E-state index in [1.54, 1.807) is 34.2 Å². The Labute approximate surface area is 198 Å². The molecule has 5 rings (SSSR count). The van der Waals surface area contributed by atoms with Crippen LogP contribution < -0.4 is 0 Å². The molecule has 0 saturated heterocycles. The second kappa shape index (κ2) is 8.54. The number of hydrogen-bond donors (Lipinski definition) is 1. The van der Waals surface area contributed by atoms with Crippen molar-refractivity contribution in [3.8, 4) is 26.7 Å². The van der Waals surface area contributed by atoms with Crippen LogP contribution in [0.1, 0.15) is 11.5 Å². The molecule has 0 aliphatic heterocycles. The molecule has 33 heavy (non-hydrogen) atoms. The van der Waals surface area contributed by atoms with Crippen LogP contribution in [-0.4, -0.2) is 45.1 Å². The smallest absolute Gasteiger partial charge is 0.180 e. The minimum absolute atomic E-state index is 0.290. The van der Waals surface area contributed by atoms with Gasteiger partial charge in [0, 0.05) is 11.1 Å². The Bertz CT molecular complexity index is 1540. The highest BCUT2D eigenvalue weighted by Crippen LogP contribution is 2.37. The number of halogens is 1. The molecule has 3 heterocycles. The van der Waals surface area contributed by atoms with Crippen molar-refractivity contribution in [2.75, 3.05) is 6.26 Å². The third kappa shape index (κ3) is 4.45. The Hall–Kier alpha value is -3.34. The summed E-state index contributed by atoms with van der Waals surface area (Å²) < 4.78 is 25.8. The van der Waals surface area contributed by atoms with E-state index < -0.39 is 9.84 Å². The van der Waals surface area contributed by atoms with Gasteiger partial charge in [-0.05, 0) is 48.0 Å². The number of hydrogen-bond acceptors (Lipinski definition) is 7. The number of aromatic nitrogens is 6. The fraction of sp³-hybridized carbons (Fsp3) is 0.0909. The molecule has 1 N–H and O–H groups in total. The average Bonchev–Trinajstić information content (AvgIpc) is 3.55. The molecule has 5 aromatic rings. The van der Waals surface area contributed by atoms with Gasteiger partial charge in [-0.25, -0.2) is 13.1 Å². The van der Waals surface area contributed by atoms with Gasteiger partial charge < -0.3 is 0 Å². The van der Waals surface area contributed by atoms with E-state index in [1.165, 1.54) is 6.26 Å². The molecule has 0 unspecified atom stereocenters. The average molecular weight is 497 g/mol. The molecule has 0 aliphatic rings. The first-order valence-corrected chi connectivity index (χ1v) is 12.9. The van der Waals surface area contributed by atoms with Crippen LogP contribution in [-0.2, 0) is 16.3 Å². The second-order valence-electron chi connectivity index (χ2n) is 7.35.